The standard InChI is InChI=1S/C10H17N3O4/c11-12-10(16)9-8(1-6-17-9)7-13(2-4-14)3-5-15/h1,6,14-15H,2-5,7,11H2,(H,12,16). The van der Waals surface area contributed by atoms with Crippen molar-refractivity contribution in [2.75, 3.05) is 26.3 Å². The average molecular weight is 243 g/mol. The Morgan fingerprint density at radius 1 is 1.41 bits per heavy atom. The van der Waals surface area contributed by atoms with Crippen molar-refractivity contribution in [3.63, 3.8) is 0 Å². The van der Waals surface area contributed by atoms with Crippen LogP contribution >= 0.6 is 0 Å². The monoisotopic (exact) mass is 243 g/mol. The number of nitrogens with zero attached hydrogens (tertiary/aromatic N) is 1. The van der Waals surface area contributed by atoms with E-state index in [0.29, 0.717) is 25.2 Å². The first kappa shape index (κ1) is 13.7. The molecule has 0 fully saturated rings. The van der Waals surface area contributed by atoms with Crippen molar-refractivity contribution in [1.29, 1.82) is 0 Å². The third-order valence-electron chi connectivity index (χ3n) is 2.31. The van der Waals surface area contributed by atoms with E-state index in [1.165, 1.54) is 6.26 Å². The molecular weight excluding hydrogens is 226 g/mol. The minimum absolute atomic E-state index is 0.0176. The fourth-order valence-corrected chi connectivity index (χ4v) is 1.52. The van der Waals surface area contributed by atoms with E-state index in [1.54, 1.807) is 11.0 Å². The van der Waals surface area contributed by atoms with Crippen LogP contribution in [0.5, 0.6) is 0 Å². The van der Waals surface area contributed by atoms with E-state index in [1.807, 2.05) is 5.43 Å². The Hall–Kier alpha value is -1.41. The van der Waals surface area contributed by atoms with Gasteiger partial charge < -0.3 is 14.6 Å². The van der Waals surface area contributed by atoms with Crippen molar-refractivity contribution in [3.8, 4) is 0 Å². The summed E-state index contributed by atoms with van der Waals surface area (Å²) in [5, 5.41) is 17.7. The number of hydrogen-bond acceptors (Lipinski definition) is 6. The highest BCUT2D eigenvalue weighted by atomic mass is 16.3. The van der Waals surface area contributed by atoms with Gasteiger partial charge >= 0.3 is 5.91 Å². The first-order chi connectivity index (χ1) is 8.22. The number of rotatable bonds is 7. The van der Waals surface area contributed by atoms with Crippen molar-refractivity contribution in [3.05, 3.63) is 23.7 Å². The number of amides is 1. The molecule has 1 heterocycles. The number of furan rings is 1. The third kappa shape index (κ3) is 3.82. The Morgan fingerprint density at radius 3 is 2.59 bits per heavy atom. The largest absolute Gasteiger partial charge is 0.459 e. The van der Waals surface area contributed by atoms with Gasteiger partial charge in [-0.3, -0.25) is 15.1 Å². The number of nitrogens with one attached hydrogen (secondary N) is 1. The van der Waals surface area contributed by atoms with Crippen molar-refractivity contribution < 1.29 is 19.4 Å². The Bertz CT molecular complexity index is 347. The number of nitrogen functional groups attached to an aromatic ring is 1. The first-order valence-corrected chi connectivity index (χ1v) is 5.24. The molecule has 0 aliphatic heterocycles. The Labute approximate surface area is 98.8 Å². The van der Waals surface area contributed by atoms with Gasteiger partial charge in [-0.1, -0.05) is 0 Å². The van der Waals surface area contributed by atoms with Gasteiger partial charge in [-0.15, -0.1) is 0 Å². The highest BCUT2D eigenvalue weighted by Gasteiger charge is 2.16. The van der Waals surface area contributed by atoms with E-state index >= 15 is 0 Å². The summed E-state index contributed by atoms with van der Waals surface area (Å²) in [6.45, 7) is 1.19. The maximum Gasteiger partial charge on any atom is 0.301 e. The van der Waals surface area contributed by atoms with Gasteiger partial charge in [0.05, 0.1) is 19.5 Å². The molecule has 0 atom stereocenters. The first-order valence-electron chi connectivity index (χ1n) is 5.24. The fraction of sp³-hybridized carbons (Fsp3) is 0.500. The summed E-state index contributed by atoms with van der Waals surface area (Å²) < 4.78 is 5.03. The van der Waals surface area contributed by atoms with E-state index in [-0.39, 0.29) is 19.0 Å². The summed E-state index contributed by atoms with van der Waals surface area (Å²) in [7, 11) is 0. The lowest BCUT2D eigenvalue weighted by molar-refractivity contribution is 0.0922. The molecule has 0 aliphatic carbocycles. The third-order valence-corrected chi connectivity index (χ3v) is 2.31. The van der Waals surface area contributed by atoms with Gasteiger partial charge in [-0.2, -0.15) is 0 Å². The lowest BCUT2D eigenvalue weighted by Crippen LogP contribution is -2.33. The van der Waals surface area contributed by atoms with Gasteiger partial charge in [0, 0.05) is 25.2 Å². The van der Waals surface area contributed by atoms with Crippen LogP contribution in [-0.2, 0) is 6.54 Å². The summed E-state index contributed by atoms with van der Waals surface area (Å²) in [5.41, 5.74) is 2.66. The van der Waals surface area contributed by atoms with E-state index in [4.69, 9.17) is 20.5 Å². The summed E-state index contributed by atoms with van der Waals surface area (Å²) in [4.78, 5) is 13.1. The SMILES string of the molecule is NNC(=O)c1occc1CN(CCO)CCO. The van der Waals surface area contributed by atoms with E-state index in [2.05, 4.69) is 0 Å². The summed E-state index contributed by atoms with van der Waals surface area (Å²) in [6.07, 6.45) is 1.40. The van der Waals surface area contributed by atoms with Crippen LogP contribution in [0.3, 0.4) is 0 Å². The number of aliphatic hydroxyl groups is 2. The second-order valence-corrected chi connectivity index (χ2v) is 3.47. The minimum Gasteiger partial charge on any atom is -0.459 e. The Morgan fingerprint density at radius 2 is 2.06 bits per heavy atom. The highest BCUT2D eigenvalue weighted by molar-refractivity contribution is 5.92. The molecule has 0 unspecified atom stereocenters. The van der Waals surface area contributed by atoms with Crippen LogP contribution in [0.4, 0.5) is 0 Å². The molecule has 7 nitrogen and oxygen atoms in total. The lowest BCUT2D eigenvalue weighted by Gasteiger charge is -2.19. The molecule has 17 heavy (non-hydrogen) atoms. The summed E-state index contributed by atoms with van der Waals surface area (Å²) in [6, 6.07) is 1.66. The van der Waals surface area contributed by atoms with Gasteiger partial charge in [0.2, 0.25) is 0 Å². The molecular formula is C10H17N3O4. The van der Waals surface area contributed by atoms with Crippen LogP contribution in [0, 0.1) is 0 Å². The van der Waals surface area contributed by atoms with Gasteiger partial charge in [0.1, 0.15) is 0 Å². The predicted molar refractivity (Wildman–Crippen MR) is 59.8 cm³/mol. The number of hydrogen-bond donors (Lipinski definition) is 4. The van der Waals surface area contributed by atoms with E-state index in [9.17, 15) is 4.79 Å². The lowest BCUT2D eigenvalue weighted by atomic mass is 10.2. The molecule has 5 N–H and O–H groups in total. The van der Waals surface area contributed by atoms with E-state index in [0.717, 1.165) is 0 Å². The molecule has 0 radical (unpaired) electrons. The molecule has 1 rings (SSSR count). The quantitative estimate of drug-likeness (QED) is 0.268. The molecule has 0 spiro atoms. The van der Waals surface area contributed by atoms with Crippen LogP contribution in [0.2, 0.25) is 0 Å². The molecule has 1 amide bonds. The highest BCUT2D eigenvalue weighted by Crippen LogP contribution is 2.12. The van der Waals surface area contributed by atoms with Crippen LogP contribution < -0.4 is 11.3 Å². The molecule has 0 saturated carbocycles. The Balaban J connectivity index is 2.71. The zero-order chi connectivity index (χ0) is 12.7. The molecule has 1 aromatic rings. The second-order valence-electron chi connectivity index (χ2n) is 3.47. The second kappa shape index (κ2) is 7.02. The molecule has 7 heteroatoms. The van der Waals surface area contributed by atoms with Gasteiger partial charge in [0.25, 0.3) is 0 Å². The van der Waals surface area contributed by atoms with Crippen molar-refractivity contribution in [2.45, 2.75) is 6.54 Å². The number of hydrazine groups is 1. The van der Waals surface area contributed by atoms with Crippen LogP contribution in [-0.4, -0.2) is 47.3 Å². The Kier molecular flexibility index (Phi) is 5.64. The van der Waals surface area contributed by atoms with Gasteiger partial charge in [0.15, 0.2) is 5.76 Å². The number of carbonyl (C=O) groups is 1. The molecule has 0 aromatic carbocycles. The minimum atomic E-state index is -0.502. The molecule has 1 aromatic heterocycles. The van der Waals surface area contributed by atoms with Crippen molar-refractivity contribution in [2.24, 2.45) is 5.84 Å². The zero-order valence-electron chi connectivity index (χ0n) is 9.43. The molecule has 0 bridgehead atoms. The average Bonchev–Trinajstić information content (AvgIpc) is 2.77. The normalized spacial score (nSPS) is 10.8. The number of carbonyl (C=O) groups excluding carboxylic acids is 1. The molecule has 96 valence electrons. The number of nitrogens with two attached hydrogens (primary N) is 1. The maximum absolute atomic E-state index is 11.3. The van der Waals surface area contributed by atoms with Crippen LogP contribution in [0.1, 0.15) is 16.1 Å². The smallest absolute Gasteiger partial charge is 0.301 e. The van der Waals surface area contributed by atoms with Crippen molar-refractivity contribution >= 4 is 5.91 Å². The number of aliphatic hydroxyl groups excluding tert-OH is 2. The summed E-state index contributed by atoms with van der Waals surface area (Å²) in [5.74, 6) is 4.67. The van der Waals surface area contributed by atoms with E-state index < -0.39 is 5.91 Å². The summed E-state index contributed by atoms with van der Waals surface area (Å²) >= 11 is 0. The van der Waals surface area contributed by atoms with Gasteiger partial charge in [-0.05, 0) is 6.07 Å². The van der Waals surface area contributed by atoms with Crippen molar-refractivity contribution in [1.82, 2.24) is 10.3 Å². The maximum atomic E-state index is 11.3. The predicted octanol–water partition coefficient (Wildman–Crippen LogP) is -1.33. The zero-order valence-corrected chi connectivity index (χ0v) is 9.43. The topological polar surface area (TPSA) is 112 Å². The van der Waals surface area contributed by atoms with Crippen LogP contribution in [0.15, 0.2) is 16.7 Å². The molecule has 0 aliphatic rings. The molecule has 0 saturated heterocycles. The van der Waals surface area contributed by atoms with Gasteiger partial charge in [-0.25, -0.2) is 5.84 Å². The van der Waals surface area contributed by atoms with Crippen LogP contribution in [0.25, 0.3) is 0 Å². The fourth-order valence-electron chi connectivity index (χ4n) is 1.52.